The van der Waals surface area contributed by atoms with Gasteiger partial charge < -0.3 is 19.8 Å². The molecule has 5 nitrogen and oxygen atoms in total. The second-order valence-corrected chi connectivity index (χ2v) is 10.00. The number of allylic oxidation sites excluding steroid dienone is 2. The lowest BCUT2D eigenvalue weighted by molar-refractivity contribution is -0.309. The first-order chi connectivity index (χ1) is 12.7. The summed E-state index contributed by atoms with van der Waals surface area (Å²) in [7, 11) is 0. The van der Waals surface area contributed by atoms with E-state index in [2.05, 4.69) is 32.0 Å². The first kappa shape index (κ1) is 19.0. The van der Waals surface area contributed by atoms with Crippen LogP contribution in [0.4, 0.5) is 0 Å². The first-order valence-electron chi connectivity index (χ1n) is 10.5. The van der Waals surface area contributed by atoms with Gasteiger partial charge in [-0.05, 0) is 93.0 Å². The zero-order valence-corrected chi connectivity index (χ0v) is 16.8. The van der Waals surface area contributed by atoms with Gasteiger partial charge in [0.25, 0.3) is 0 Å². The summed E-state index contributed by atoms with van der Waals surface area (Å²) >= 11 is 0. The summed E-state index contributed by atoms with van der Waals surface area (Å²) in [6, 6.07) is 0. The average Bonchev–Trinajstić information content (AvgIpc) is 2.84. The molecule has 1 N–H and O–H groups in total. The number of carbonyl (C=O) groups excluding carboxylic acids is 1. The van der Waals surface area contributed by atoms with E-state index >= 15 is 0 Å². The standard InChI is InChI=1S/C22H33NO4/c1-20-9-6-15(23-27-13-19(24)25)12-14(20)4-5-16-17(20)7-10-21(2)18(16)8-11-22(21,3)26/h12,16-18,26H,4-11,13H2,1-3H3,(H,24,25)/p-1/t16-,17-,18+,20-,21+,22-/m0/s1. The van der Waals surface area contributed by atoms with Crippen LogP contribution in [0.3, 0.4) is 0 Å². The number of rotatable bonds is 3. The van der Waals surface area contributed by atoms with Crippen molar-refractivity contribution in [2.45, 2.75) is 77.7 Å². The second-order valence-electron chi connectivity index (χ2n) is 10.00. The van der Waals surface area contributed by atoms with Gasteiger partial charge >= 0.3 is 0 Å². The van der Waals surface area contributed by atoms with Crippen LogP contribution in [0.1, 0.15) is 72.1 Å². The predicted molar refractivity (Wildman–Crippen MR) is 101 cm³/mol. The monoisotopic (exact) mass is 374 g/mol. The SMILES string of the molecule is C[C@]12CCC(=NOCC(=O)[O-])C=C1CC[C@@H]1[C@H]3CC[C@](C)(O)[C@]3(C)CC[C@@H]12. The molecule has 0 aromatic heterocycles. The molecule has 0 unspecified atom stereocenters. The predicted octanol–water partition coefficient (Wildman–Crippen LogP) is 2.82. The van der Waals surface area contributed by atoms with E-state index in [9.17, 15) is 15.0 Å². The molecule has 0 saturated heterocycles. The van der Waals surface area contributed by atoms with Gasteiger partial charge in [-0.2, -0.15) is 0 Å². The molecule has 4 aliphatic rings. The molecule has 0 aliphatic heterocycles. The van der Waals surface area contributed by atoms with E-state index in [-0.39, 0.29) is 10.8 Å². The number of aliphatic hydroxyl groups is 1. The summed E-state index contributed by atoms with van der Waals surface area (Å²) in [6.45, 7) is 6.31. The normalized spacial score (nSPS) is 47.6. The van der Waals surface area contributed by atoms with Crippen molar-refractivity contribution in [2.24, 2.45) is 33.7 Å². The van der Waals surface area contributed by atoms with E-state index in [1.165, 1.54) is 18.4 Å². The minimum atomic E-state index is -1.24. The van der Waals surface area contributed by atoms with Gasteiger partial charge in [0.2, 0.25) is 0 Å². The maximum atomic E-state index is 11.0. The third-order valence-corrected chi connectivity index (χ3v) is 8.90. The van der Waals surface area contributed by atoms with Crippen LogP contribution < -0.4 is 5.11 Å². The Morgan fingerprint density at radius 3 is 2.67 bits per heavy atom. The fourth-order valence-corrected chi connectivity index (χ4v) is 7.05. The molecule has 3 saturated carbocycles. The summed E-state index contributed by atoms with van der Waals surface area (Å²) in [6.07, 6.45) is 10.7. The van der Waals surface area contributed by atoms with Gasteiger partial charge in [-0.15, -0.1) is 0 Å². The van der Waals surface area contributed by atoms with Crippen molar-refractivity contribution < 1.29 is 19.8 Å². The molecule has 3 fully saturated rings. The minimum Gasteiger partial charge on any atom is -0.546 e. The molecule has 0 aromatic rings. The molecule has 4 aliphatic carbocycles. The van der Waals surface area contributed by atoms with E-state index in [1.54, 1.807) is 0 Å². The van der Waals surface area contributed by atoms with Gasteiger partial charge in [0.05, 0.1) is 17.3 Å². The average molecular weight is 375 g/mol. The molecule has 150 valence electrons. The van der Waals surface area contributed by atoms with E-state index < -0.39 is 18.2 Å². The fourth-order valence-electron chi connectivity index (χ4n) is 7.05. The fraction of sp³-hybridized carbons (Fsp3) is 0.818. The van der Waals surface area contributed by atoms with Gasteiger partial charge in [-0.3, -0.25) is 0 Å². The lowest BCUT2D eigenvalue weighted by Gasteiger charge is -2.59. The number of hydrogen-bond donors (Lipinski definition) is 1. The summed E-state index contributed by atoms with van der Waals surface area (Å²) in [5.41, 5.74) is 2.05. The number of oxime groups is 1. The van der Waals surface area contributed by atoms with Crippen LogP contribution in [0, 0.1) is 28.6 Å². The van der Waals surface area contributed by atoms with Gasteiger partial charge in [0, 0.05) is 0 Å². The van der Waals surface area contributed by atoms with Crippen LogP contribution in [0.15, 0.2) is 16.8 Å². The van der Waals surface area contributed by atoms with Crippen LogP contribution in [0.2, 0.25) is 0 Å². The van der Waals surface area contributed by atoms with E-state index in [0.717, 1.165) is 44.2 Å². The number of aliphatic carboxylic acids is 1. The number of nitrogens with zero attached hydrogens (tertiary/aromatic N) is 1. The van der Waals surface area contributed by atoms with Crippen LogP contribution >= 0.6 is 0 Å². The van der Waals surface area contributed by atoms with Crippen LogP contribution in [-0.2, 0) is 9.63 Å². The van der Waals surface area contributed by atoms with Gasteiger partial charge in [0.1, 0.15) is 0 Å². The minimum absolute atomic E-state index is 0.0612. The van der Waals surface area contributed by atoms with Crippen molar-refractivity contribution in [1.82, 2.24) is 0 Å². The van der Waals surface area contributed by atoms with Crippen molar-refractivity contribution in [2.75, 3.05) is 6.61 Å². The molecule has 0 spiro atoms. The molecule has 0 heterocycles. The molecule has 0 aromatic carbocycles. The molecule has 4 rings (SSSR count). The number of carboxylic acid groups (broad SMARTS) is 1. The molecule has 27 heavy (non-hydrogen) atoms. The highest BCUT2D eigenvalue weighted by Gasteiger charge is 2.62. The molecular weight excluding hydrogens is 342 g/mol. The number of carbonyl (C=O) groups is 1. The van der Waals surface area contributed by atoms with Crippen molar-refractivity contribution in [3.05, 3.63) is 11.6 Å². The number of carboxylic acids is 1. The molecule has 6 atom stereocenters. The lowest BCUT2D eigenvalue weighted by Crippen LogP contribution is -2.53. The van der Waals surface area contributed by atoms with Gasteiger partial charge in [-0.25, -0.2) is 0 Å². The summed E-state index contributed by atoms with van der Waals surface area (Å²) < 4.78 is 0. The molecule has 0 radical (unpaired) electrons. The van der Waals surface area contributed by atoms with Crippen LogP contribution in [-0.4, -0.2) is 29.0 Å². The van der Waals surface area contributed by atoms with Crippen LogP contribution in [0.5, 0.6) is 0 Å². The Kier molecular flexibility index (Phi) is 4.45. The number of hydrogen-bond acceptors (Lipinski definition) is 5. The summed E-state index contributed by atoms with van der Waals surface area (Å²) in [5.74, 6) is 0.764. The second kappa shape index (κ2) is 6.33. The maximum absolute atomic E-state index is 11.0. The lowest BCUT2D eigenvalue weighted by atomic mass is 9.46. The Bertz CT molecular complexity index is 696. The Hall–Kier alpha value is -1.36. The van der Waals surface area contributed by atoms with Crippen molar-refractivity contribution in [3.8, 4) is 0 Å². The highest BCUT2D eigenvalue weighted by Crippen LogP contribution is 2.67. The van der Waals surface area contributed by atoms with E-state index in [4.69, 9.17) is 4.84 Å². The molecular formula is C22H32NO4-. The molecule has 0 bridgehead atoms. The van der Waals surface area contributed by atoms with E-state index in [0.29, 0.717) is 17.8 Å². The van der Waals surface area contributed by atoms with Crippen LogP contribution in [0.25, 0.3) is 0 Å². The van der Waals surface area contributed by atoms with E-state index in [1.807, 2.05) is 0 Å². The van der Waals surface area contributed by atoms with Crippen molar-refractivity contribution in [1.29, 1.82) is 0 Å². The highest BCUT2D eigenvalue weighted by molar-refractivity contribution is 5.96. The van der Waals surface area contributed by atoms with Crippen molar-refractivity contribution in [3.63, 3.8) is 0 Å². The smallest absolute Gasteiger partial charge is 0.156 e. The quantitative estimate of drug-likeness (QED) is 0.770. The summed E-state index contributed by atoms with van der Waals surface area (Å²) in [5, 5.41) is 25.5. The molecule has 0 amide bonds. The van der Waals surface area contributed by atoms with Gasteiger partial charge in [-0.1, -0.05) is 24.6 Å². The maximum Gasteiger partial charge on any atom is 0.156 e. The zero-order valence-electron chi connectivity index (χ0n) is 16.8. The third-order valence-electron chi connectivity index (χ3n) is 8.90. The first-order valence-corrected chi connectivity index (χ1v) is 10.5. The zero-order chi connectivity index (χ0) is 19.4. The largest absolute Gasteiger partial charge is 0.546 e. The Balaban J connectivity index is 1.56. The Morgan fingerprint density at radius 2 is 1.93 bits per heavy atom. The third kappa shape index (κ3) is 2.84. The Morgan fingerprint density at radius 1 is 1.19 bits per heavy atom. The van der Waals surface area contributed by atoms with Gasteiger partial charge in [0.15, 0.2) is 6.61 Å². The topological polar surface area (TPSA) is 82.0 Å². The number of fused-ring (bicyclic) bond motifs is 5. The highest BCUT2D eigenvalue weighted by atomic mass is 16.6. The Labute approximate surface area is 161 Å². The molecule has 5 heteroatoms. The van der Waals surface area contributed by atoms with Crippen molar-refractivity contribution >= 4 is 11.7 Å². The summed E-state index contributed by atoms with van der Waals surface area (Å²) in [4.78, 5) is 15.4.